The normalized spacial score (nSPS) is 12.5. The first-order chi connectivity index (χ1) is 17.7. The molecule has 0 heterocycles. The molecular weight excluding hydrogens is 478 g/mol. The minimum absolute atomic E-state index is 0.0327. The van der Waals surface area contributed by atoms with Crippen molar-refractivity contribution in [3.63, 3.8) is 0 Å². The first-order valence-corrected chi connectivity index (χ1v) is 11.8. The first kappa shape index (κ1) is 27.3. The molecule has 3 amide bonds. The van der Waals surface area contributed by atoms with Gasteiger partial charge in [0.05, 0.1) is 6.42 Å². The van der Waals surface area contributed by atoms with Crippen LogP contribution in [0.1, 0.15) is 23.5 Å². The van der Waals surface area contributed by atoms with Gasteiger partial charge in [0.25, 0.3) is 0 Å². The van der Waals surface area contributed by atoms with Crippen molar-refractivity contribution in [3.05, 3.63) is 72.3 Å². The number of alkyl carbamates (subject to hydrolysis) is 1. The number of carbonyl (C=O) groups is 4. The molecule has 2 aromatic carbocycles. The zero-order valence-electron chi connectivity index (χ0n) is 20.9. The fraction of sp³-hybridized carbons (Fsp3) is 0.333. The van der Waals surface area contributed by atoms with Gasteiger partial charge in [-0.2, -0.15) is 0 Å². The molecule has 3 rings (SSSR count). The Morgan fingerprint density at radius 2 is 1.62 bits per heavy atom. The molecule has 0 aliphatic heterocycles. The topological polar surface area (TPSA) is 125 Å². The highest BCUT2D eigenvalue weighted by molar-refractivity contribution is 5.87. The predicted molar refractivity (Wildman–Crippen MR) is 136 cm³/mol. The number of rotatable bonds is 11. The molecule has 0 unspecified atom stereocenters. The molecule has 2 N–H and O–H groups in total. The third-order valence-corrected chi connectivity index (χ3v) is 6.22. The zero-order valence-corrected chi connectivity index (χ0v) is 20.9. The Bertz CT molecular complexity index is 1120. The van der Waals surface area contributed by atoms with Crippen LogP contribution in [0.2, 0.25) is 0 Å². The standard InChI is InChI=1S/C27H31N3O7/c1-4-15-36-26(34)28-13-14-29(2)24(31)16-23(25(32)33)30(3)27(35)37-17-22-20-11-7-5-9-18(20)19-10-6-8-12-21(19)22/h4-12,22-23H,1,13-17H2,2-3H3,(H,28,34)(H,32,33)/t23-/m0/s1. The lowest BCUT2D eigenvalue weighted by atomic mass is 9.98. The van der Waals surface area contributed by atoms with Crippen LogP contribution >= 0.6 is 0 Å². The van der Waals surface area contributed by atoms with Gasteiger partial charge in [-0.05, 0) is 22.3 Å². The number of carboxylic acid groups (broad SMARTS) is 1. The number of hydrogen-bond donors (Lipinski definition) is 2. The number of benzene rings is 2. The summed E-state index contributed by atoms with van der Waals surface area (Å²) in [6.45, 7) is 3.77. The van der Waals surface area contributed by atoms with Gasteiger partial charge >= 0.3 is 18.2 Å². The molecule has 0 spiro atoms. The summed E-state index contributed by atoms with van der Waals surface area (Å²) >= 11 is 0. The van der Waals surface area contributed by atoms with Crippen LogP contribution in [0.15, 0.2) is 61.2 Å². The smallest absolute Gasteiger partial charge is 0.410 e. The highest BCUT2D eigenvalue weighted by Gasteiger charge is 2.33. The van der Waals surface area contributed by atoms with E-state index < -0.39 is 36.5 Å². The number of amides is 3. The van der Waals surface area contributed by atoms with Crippen LogP contribution in [0.3, 0.4) is 0 Å². The van der Waals surface area contributed by atoms with Gasteiger partial charge in [-0.1, -0.05) is 61.2 Å². The SMILES string of the molecule is C=CCOC(=O)NCCN(C)C(=O)C[C@@H](C(=O)O)N(C)C(=O)OCC1c2ccccc2-c2ccccc21. The summed E-state index contributed by atoms with van der Waals surface area (Å²) < 4.78 is 10.3. The fourth-order valence-corrected chi connectivity index (χ4v) is 4.17. The lowest BCUT2D eigenvalue weighted by Gasteiger charge is -2.26. The quantitative estimate of drug-likeness (QED) is 0.446. The Hall–Kier alpha value is -4.34. The van der Waals surface area contributed by atoms with Gasteiger partial charge in [-0.25, -0.2) is 14.4 Å². The summed E-state index contributed by atoms with van der Waals surface area (Å²) in [7, 11) is 2.77. The number of carboxylic acids is 1. The van der Waals surface area contributed by atoms with Crippen LogP contribution in [0.5, 0.6) is 0 Å². The second-order valence-corrected chi connectivity index (χ2v) is 8.60. The molecule has 10 heteroatoms. The maximum absolute atomic E-state index is 12.8. The van der Waals surface area contributed by atoms with E-state index >= 15 is 0 Å². The van der Waals surface area contributed by atoms with Gasteiger partial charge in [0.15, 0.2) is 0 Å². The molecule has 0 saturated carbocycles. The average molecular weight is 510 g/mol. The lowest BCUT2D eigenvalue weighted by Crippen LogP contribution is -2.46. The van der Waals surface area contributed by atoms with Crippen LogP contribution in [-0.2, 0) is 19.1 Å². The maximum Gasteiger partial charge on any atom is 0.410 e. The van der Waals surface area contributed by atoms with Crippen molar-refractivity contribution in [3.8, 4) is 11.1 Å². The average Bonchev–Trinajstić information content (AvgIpc) is 3.22. The van der Waals surface area contributed by atoms with Gasteiger partial charge in [0.2, 0.25) is 5.91 Å². The van der Waals surface area contributed by atoms with Gasteiger partial charge in [-0.3, -0.25) is 9.69 Å². The van der Waals surface area contributed by atoms with Crippen molar-refractivity contribution < 1.29 is 33.8 Å². The molecule has 0 saturated heterocycles. The molecule has 1 aliphatic carbocycles. The Morgan fingerprint density at radius 3 is 2.19 bits per heavy atom. The molecule has 0 radical (unpaired) electrons. The predicted octanol–water partition coefficient (Wildman–Crippen LogP) is 3.08. The van der Waals surface area contributed by atoms with Gasteiger partial charge in [0, 0.05) is 33.1 Å². The summed E-state index contributed by atoms with van der Waals surface area (Å²) in [6, 6.07) is 14.3. The Morgan fingerprint density at radius 1 is 1.03 bits per heavy atom. The van der Waals surface area contributed by atoms with E-state index in [1.165, 1.54) is 25.1 Å². The summed E-state index contributed by atoms with van der Waals surface area (Å²) in [5, 5.41) is 12.2. The van der Waals surface area contributed by atoms with Crippen LogP contribution in [0.4, 0.5) is 9.59 Å². The third-order valence-electron chi connectivity index (χ3n) is 6.22. The molecular formula is C27H31N3O7. The van der Waals surface area contributed by atoms with Crippen molar-refractivity contribution in [1.82, 2.24) is 15.1 Å². The number of fused-ring (bicyclic) bond motifs is 3. The molecule has 0 aromatic heterocycles. The van der Waals surface area contributed by atoms with E-state index in [0.717, 1.165) is 27.2 Å². The molecule has 1 atom stereocenters. The van der Waals surface area contributed by atoms with Crippen molar-refractivity contribution >= 4 is 24.1 Å². The van der Waals surface area contributed by atoms with Gasteiger partial charge in [0.1, 0.15) is 19.3 Å². The van der Waals surface area contributed by atoms with E-state index in [1.807, 2.05) is 48.5 Å². The summed E-state index contributed by atoms with van der Waals surface area (Å²) in [5.41, 5.74) is 4.22. The number of aliphatic carboxylic acids is 1. The Balaban J connectivity index is 1.56. The van der Waals surface area contributed by atoms with Crippen LogP contribution in [0, 0.1) is 0 Å². The molecule has 196 valence electrons. The minimum Gasteiger partial charge on any atom is -0.480 e. The number of nitrogens with one attached hydrogen (secondary N) is 1. The molecule has 0 fully saturated rings. The minimum atomic E-state index is -1.42. The largest absolute Gasteiger partial charge is 0.480 e. The van der Waals surface area contributed by atoms with Crippen molar-refractivity contribution in [2.75, 3.05) is 40.4 Å². The molecule has 0 bridgehead atoms. The number of ether oxygens (including phenoxy) is 2. The number of carbonyl (C=O) groups excluding carboxylic acids is 3. The van der Waals surface area contributed by atoms with Crippen molar-refractivity contribution in [2.24, 2.45) is 0 Å². The van der Waals surface area contributed by atoms with Gasteiger partial charge < -0.3 is 24.8 Å². The van der Waals surface area contributed by atoms with E-state index in [4.69, 9.17) is 9.47 Å². The summed E-state index contributed by atoms with van der Waals surface area (Å²) in [6.07, 6.45) is -0.516. The third kappa shape index (κ3) is 6.66. The number of nitrogens with zero attached hydrogens (tertiary/aromatic N) is 2. The number of likely N-dealkylation sites (N-methyl/N-ethyl adjacent to an activating group) is 2. The lowest BCUT2D eigenvalue weighted by molar-refractivity contribution is -0.146. The first-order valence-electron chi connectivity index (χ1n) is 11.8. The molecule has 10 nitrogen and oxygen atoms in total. The molecule has 1 aliphatic rings. The van der Waals surface area contributed by atoms with E-state index in [-0.39, 0.29) is 32.2 Å². The highest BCUT2D eigenvalue weighted by Crippen LogP contribution is 2.44. The second kappa shape index (κ2) is 12.6. The van der Waals surface area contributed by atoms with Crippen LogP contribution in [0.25, 0.3) is 11.1 Å². The summed E-state index contributed by atoms with van der Waals surface area (Å²) in [5.74, 6) is -2.01. The zero-order chi connectivity index (χ0) is 26.9. The van der Waals surface area contributed by atoms with E-state index in [1.54, 1.807) is 0 Å². The van der Waals surface area contributed by atoms with E-state index in [2.05, 4.69) is 11.9 Å². The van der Waals surface area contributed by atoms with Gasteiger partial charge in [-0.15, -0.1) is 0 Å². The molecule has 2 aromatic rings. The fourth-order valence-electron chi connectivity index (χ4n) is 4.17. The van der Waals surface area contributed by atoms with Crippen LogP contribution in [-0.4, -0.2) is 85.4 Å². The van der Waals surface area contributed by atoms with E-state index in [9.17, 15) is 24.3 Å². The van der Waals surface area contributed by atoms with Crippen LogP contribution < -0.4 is 5.32 Å². The van der Waals surface area contributed by atoms with Crippen molar-refractivity contribution in [2.45, 2.75) is 18.4 Å². The number of hydrogen-bond acceptors (Lipinski definition) is 6. The Kier molecular flexibility index (Phi) is 9.26. The monoisotopic (exact) mass is 509 g/mol. The Labute approximate surface area is 215 Å². The summed E-state index contributed by atoms with van der Waals surface area (Å²) in [4.78, 5) is 50.9. The van der Waals surface area contributed by atoms with E-state index in [0.29, 0.717) is 0 Å². The molecule has 37 heavy (non-hydrogen) atoms. The maximum atomic E-state index is 12.8. The second-order valence-electron chi connectivity index (χ2n) is 8.60. The van der Waals surface area contributed by atoms with Crippen molar-refractivity contribution in [1.29, 1.82) is 0 Å². The highest BCUT2D eigenvalue weighted by atomic mass is 16.6.